The maximum atomic E-state index is 14.8. The number of imidazole rings is 1. The van der Waals surface area contributed by atoms with E-state index in [0.29, 0.717) is 34.5 Å². The first-order chi connectivity index (χ1) is 16.4. The second-order valence-corrected chi connectivity index (χ2v) is 9.45. The average molecular weight is 468 g/mol. The maximum Gasteiger partial charge on any atom is 0.256 e. The van der Waals surface area contributed by atoms with Crippen LogP contribution in [0.4, 0.5) is 21.8 Å². The smallest absolute Gasteiger partial charge is 0.256 e. The first-order valence-electron chi connectivity index (χ1n) is 11.3. The topological polar surface area (TPSA) is 115 Å². The summed E-state index contributed by atoms with van der Waals surface area (Å²) >= 11 is 0. The molecule has 4 heterocycles. The summed E-state index contributed by atoms with van der Waals surface area (Å²) in [6, 6.07) is -0.665. The second-order valence-electron chi connectivity index (χ2n) is 9.45. The van der Waals surface area contributed by atoms with Gasteiger partial charge in [0, 0.05) is 19.1 Å². The van der Waals surface area contributed by atoms with E-state index in [4.69, 9.17) is 14.7 Å². The van der Waals surface area contributed by atoms with Crippen LogP contribution in [0.5, 0.6) is 5.88 Å². The van der Waals surface area contributed by atoms with Gasteiger partial charge in [-0.05, 0) is 31.3 Å². The van der Waals surface area contributed by atoms with Gasteiger partial charge in [-0.15, -0.1) is 5.10 Å². The minimum atomic E-state index is -1.25. The van der Waals surface area contributed by atoms with Gasteiger partial charge in [0.25, 0.3) is 5.88 Å². The van der Waals surface area contributed by atoms with Gasteiger partial charge in [-0.3, -0.25) is 9.48 Å². The number of nitrogens with zero attached hydrogens (tertiary/aromatic N) is 7. The predicted molar refractivity (Wildman–Crippen MR) is 123 cm³/mol. The van der Waals surface area contributed by atoms with Crippen molar-refractivity contribution in [2.45, 2.75) is 37.0 Å². The molecule has 2 atom stereocenters. The lowest BCUT2D eigenvalue weighted by atomic mass is 9.50. The molecule has 0 spiro atoms. The molecule has 0 unspecified atom stereocenters. The third kappa shape index (κ3) is 3.11. The van der Waals surface area contributed by atoms with Gasteiger partial charge in [0.1, 0.15) is 11.9 Å². The molecule has 0 radical (unpaired) electrons. The lowest BCUT2D eigenvalue weighted by Gasteiger charge is -2.62. The molecule has 3 aliphatic carbocycles. The highest BCUT2D eigenvalue weighted by Gasteiger charge is 2.58. The first-order valence-corrected chi connectivity index (χ1v) is 11.3. The molecule has 4 aliphatic rings. The number of ether oxygens (including phenoxy) is 1. The fraction of sp³-hybridized carbons (Fsp3) is 0.500. The van der Waals surface area contributed by atoms with Crippen molar-refractivity contribution < 1.29 is 13.9 Å². The molecular weight excluding hydrogens is 441 g/mol. The Morgan fingerprint density at radius 1 is 1.32 bits per heavy atom. The number of hydrogen-bond donors (Lipinski definition) is 2. The lowest BCUT2D eigenvalue weighted by Crippen LogP contribution is -2.59. The van der Waals surface area contributed by atoms with Crippen molar-refractivity contribution in [3.8, 4) is 5.88 Å². The van der Waals surface area contributed by atoms with E-state index < -0.39 is 18.1 Å². The number of halogens is 1. The third-order valence-electron chi connectivity index (χ3n) is 7.19. The highest BCUT2D eigenvalue weighted by Crippen LogP contribution is 2.62. The van der Waals surface area contributed by atoms with Gasteiger partial charge in [-0.25, -0.2) is 9.37 Å². The van der Waals surface area contributed by atoms with Crippen LogP contribution in [0.2, 0.25) is 0 Å². The van der Waals surface area contributed by atoms with E-state index in [-0.39, 0.29) is 18.6 Å². The Morgan fingerprint density at radius 3 is 2.79 bits per heavy atom. The van der Waals surface area contributed by atoms with Crippen LogP contribution < -0.4 is 20.3 Å². The summed E-state index contributed by atoms with van der Waals surface area (Å²) in [5.74, 6) is 1.68. The van der Waals surface area contributed by atoms with Crippen LogP contribution >= 0.6 is 0 Å². The third-order valence-corrected chi connectivity index (χ3v) is 7.19. The molecule has 3 saturated carbocycles. The molecule has 4 fully saturated rings. The number of amides is 1. The van der Waals surface area contributed by atoms with E-state index in [9.17, 15) is 9.18 Å². The fourth-order valence-electron chi connectivity index (χ4n) is 5.33. The van der Waals surface area contributed by atoms with Crippen LogP contribution in [0.25, 0.3) is 11.2 Å². The summed E-state index contributed by atoms with van der Waals surface area (Å²) in [4.78, 5) is 27.7. The Labute approximate surface area is 195 Å². The minimum Gasteiger partial charge on any atom is -0.478 e. The maximum absolute atomic E-state index is 14.8. The number of alkyl halides is 1. The van der Waals surface area contributed by atoms with Crippen LogP contribution in [-0.2, 0) is 17.4 Å². The number of fused-ring (bicyclic) bond motifs is 1. The molecule has 0 aromatic carbocycles. The Balaban J connectivity index is 1.40. The Bertz CT molecular complexity index is 1280. The molecule has 3 aromatic heterocycles. The van der Waals surface area contributed by atoms with Crippen molar-refractivity contribution >= 4 is 34.5 Å². The monoisotopic (exact) mass is 467 g/mol. The molecule has 178 valence electrons. The largest absolute Gasteiger partial charge is 0.478 e. The zero-order valence-electron chi connectivity index (χ0n) is 19.0. The molecule has 34 heavy (non-hydrogen) atoms. The quantitative estimate of drug-likeness (QED) is 0.504. The van der Waals surface area contributed by atoms with E-state index in [1.807, 2.05) is 6.33 Å². The number of hydrogen-bond acceptors (Lipinski definition) is 8. The Morgan fingerprint density at radius 2 is 2.12 bits per heavy atom. The molecule has 2 N–H and O–H groups in total. The van der Waals surface area contributed by atoms with Gasteiger partial charge in [0.05, 0.1) is 32.2 Å². The number of carbonyl (C=O) groups is 1. The molecular formula is C22H26FN9O2. The van der Waals surface area contributed by atoms with Crippen LogP contribution in [-0.4, -0.2) is 67.6 Å². The highest BCUT2D eigenvalue weighted by atomic mass is 19.1. The van der Waals surface area contributed by atoms with Gasteiger partial charge in [0.2, 0.25) is 11.9 Å². The van der Waals surface area contributed by atoms with E-state index in [2.05, 4.69) is 31.9 Å². The molecule has 3 aromatic rings. The van der Waals surface area contributed by atoms with Crippen molar-refractivity contribution in [2.24, 2.45) is 13.0 Å². The van der Waals surface area contributed by atoms with E-state index in [1.165, 1.54) is 0 Å². The standard InChI is InChI=1S/C22H26FN9O2/c1-4-16(33)25-14-10-31(8-13(14)23)21-27-18(26-15-9-30(2)29-20(15)34-3)17-19(28-21)32(11-24-17)22-5-12(6-22)7-22/h4,9,11-14H,1,5-8,10H2,2-3H3,(H,25,33)(H,26,27,28)/t12?,13-,14-,22?/m1/s1. The van der Waals surface area contributed by atoms with Crippen LogP contribution in [0.3, 0.4) is 0 Å². The molecule has 1 saturated heterocycles. The number of aromatic nitrogens is 6. The fourth-order valence-corrected chi connectivity index (χ4v) is 5.33. The summed E-state index contributed by atoms with van der Waals surface area (Å²) in [5, 5.41) is 10.2. The normalized spacial score (nSPS) is 27.3. The average Bonchev–Trinajstić information content (AvgIpc) is 3.43. The van der Waals surface area contributed by atoms with Crippen LogP contribution in [0.15, 0.2) is 25.2 Å². The molecule has 2 bridgehead atoms. The number of methoxy groups -OCH3 is 1. The molecule has 12 heteroatoms. The zero-order valence-corrected chi connectivity index (χ0v) is 19.0. The first kappa shape index (κ1) is 20.9. The number of rotatable bonds is 7. The van der Waals surface area contributed by atoms with Gasteiger partial charge in [0.15, 0.2) is 17.0 Å². The second kappa shape index (κ2) is 7.40. The van der Waals surface area contributed by atoms with Crippen molar-refractivity contribution in [1.82, 2.24) is 34.6 Å². The summed E-state index contributed by atoms with van der Waals surface area (Å²) in [5.41, 5.74) is 2.05. The van der Waals surface area contributed by atoms with E-state index >= 15 is 0 Å². The number of aryl methyl sites for hydroxylation is 1. The molecule has 11 nitrogen and oxygen atoms in total. The van der Waals surface area contributed by atoms with Crippen molar-refractivity contribution in [3.05, 3.63) is 25.2 Å². The van der Waals surface area contributed by atoms with E-state index in [0.717, 1.165) is 31.3 Å². The Kier molecular flexibility index (Phi) is 4.55. The van der Waals surface area contributed by atoms with Crippen LogP contribution in [0, 0.1) is 5.92 Å². The lowest BCUT2D eigenvalue weighted by molar-refractivity contribution is -0.117. The van der Waals surface area contributed by atoms with Crippen LogP contribution in [0.1, 0.15) is 19.3 Å². The summed E-state index contributed by atoms with van der Waals surface area (Å²) in [7, 11) is 3.35. The molecule has 1 amide bonds. The van der Waals surface area contributed by atoms with Gasteiger partial charge in [-0.1, -0.05) is 6.58 Å². The summed E-state index contributed by atoms with van der Waals surface area (Å²) in [6.07, 6.45) is 6.90. The number of carbonyl (C=O) groups excluding carboxylic acids is 1. The summed E-state index contributed by atoms with van der Waals surface area (Å²) in [6.45, 7) is 3.77. The molecule has 7 rings (SSSR count). The molecule has 1 aliphatic heterocycles. The van der Waals surface area contributed by atoms with Crippen molar-refractivity contribution in [1.29, 1.82) is 0 Å². The van der Waals surface area contributed by atoms with Gasteiger partial charge < -0.3 is 24.8 Å². The Hall–Kier alpha value is -3.70. The van der Waals surface area contributed by atoms with Crippen molar-refractivity contribution in [3.63, 3.8) is 0 Å². The minimum absolute atomic E-state index is 0.0718. The van der Waals surface area contributed by atoms with E-state index in [1.54, 1.807) is 29.9 Å². The van der Waals surface area contributed by atoms with Crippen molar-refractivity contribution in [2.75, 3.05) is 30.4 Å². The summed E-state index contributed by atoms with van der Waals surface area (Å²) < 4.78 is 23.9. The highest BCUT2D eigenvalue weighted by molar-refractivity contribution is 5.88. The predicted octanol–water partition coefficient (Wildman–Crippen LogP) is 1.65. The SMILES string of the molecule is C=CC(=O)N[C@@H]1CN(c2nc(Nc3cn(C)nc3OC)c3ncn(C45CC(C4)C5)c3n2)C[C@H]1F. The number of nitrogens with one attached hydrogen (secondary N) is 2. The van der Waals surface area contributed by atoms with Gasteiger partial charge in [-0.2, -0.15) is 9.97 Å². The van der Waals surface area contributed by atoms with Gasteiger partial charge >= 0.3 is 0 Å². The zero-order chi connectivity index (χ0) is 23.6. The number of anilines is 3.